The smallest absolute Gasteiger partial charge is 0.335 e. The van der Waals surface area contributed by atoms with E-state index in [-0.39, 0.29) is 16.8 Å². The molecule has 2 N–H and O–H groups in total. The predicted molar refractivity (Wildman–Crippen MR) is 124 cm³/mol. The first kappa shape index (κ1) is 23.1. The number of amides is 1. The summed E-state index contributed by atoms with van der Waals surface area (Å²) in [5.74, 6) is -0.773. The monoisotopic (exact) mass is 442 g/mol. The van der Waals surface area contributed by atoms with Crippen molar-refractivity contribution in [2.45, 2.75) is 13.5 Å². The Balaban J connectivity index is 1.76. The molecule has 0 unspecified atom stereocenters. The summed E-state index contributed by atoms with van der Waals surface area (Å²) >= 11 is 0. The molecular weight excluding hydrogens is 420 g/mol. The average Bonchev–Trinajstić information content (AvgIpc) is 2.81. The lowest BCUT2D eigenvalue weighted by Gasteiger charge is -2.12. The van der Waals surface area contributed by atoms with Gasteiger partial charge >= 0.3 is 5.97 Å². The van der Waals surface area contributed by atoms with Crippen LogP contribution in [0.1, 0.15) is 27.0 Å². The van der Waals surface area contributed by atoms with Gasteiger partial charge in [-0.15, -0.1) is 0 Å². The highest BCUT2D eigenvalue weighted by Crippen LogP contribution is 2.30. The van der Waals surface area contributed by atoms with Crippen LogP contribution in [0.15, 0.2) is 72.3 Å². The third kappa shape index (κ3) is 6.21. The summed E-state index contributed by atoms with van der Waals surface area (Å²) in [6.45, 7) is 2.38. The minimum Gasteiger partial charge on any atom is -0.493 e. The summed E-state index contributed by atoms with van der Waals surface area (Å²) in [6, 6.07) is 20.7. The van der Waals surface area contributed by atoms with Gasteiger partial charge in [0.2, 0.25) is 0 Å². The Morgan fingerprint density at radius 3 is 2.55 bits per heavy atom. The molecule has 0 spiro atoms. The highest BCUT2D eigenvalue weighted by Gasteiger charge is 2.12. The van der Waals surface area contributed by atoms with Crippen molar-refractivity contribution in [1.29, 1.82) is 5.26 Å². The molecule has 0 aliphatic rings. The number of benzene rings is 3. The van der Waals surface area contributed by atoms with Crippen LogP contribution in [0.25, 0.3) is 6.08 Å². The van der Waals surface area contributed by atoms with Crippen molar-refractivity contribution >= 4 is 23.6 Å². The van der Waals surface area contributed by atoms with Crippen molar-refractivity contribution in [3.05, 3.63) is 94.6 Å². The van der Waals surface area contributed by atoms with Gasteiger partial charge in [-0.25, -0.2) is 4.79 Å². The van der Waals surface area contributed by atoms with E-state index in [9.17, 15) is 14.9 Å². The average molecular weight is 442 g/mol. The fraction of sp³-hybridized carbons (Fsp3) is 0.115. The number of methoxy groups -OCH3 is 1. The first-order chi connectivity index (χ1) is 15.9. The zero-order valence-electron chi connectivity index (χ0n) is 18.2. The Labute approximate surface area is 191 Å². The molecule has 166 valence electrons. The summed E-state index contributed by atoms with van der Waals surface area (Å²) in [6.07, 6.45) is 1.42. The number of hydrogen-bond donors (Lipinski definition) is 2. The van der Waals surface area contributed by atoms with E-state index in [1.54, 1.807) is 24.3 Å². The summed E-state index contributed by atoms with van der Waals surface area (Å²) in [5, 5.41) is 21.1. The van der Waals surface area contributed by atoms with Gasteiger partial charge in [0.1, 0.15) is 18.2 Å². The van der Waals surface area contributed by atoms with E-state index in [1.807, 2.05) is 37.3 Å². The van der Waals surface area contributed by atoms with Crippen molar-refractivity contribution in [1.82, 2.24) is 0 Å². The Bertz CT molecular complexity index is 1260. The number of aromatic carboxylic acids is 1. The molecule has 0 aliphatic heterocycles. The van der Waals surface area contributed by atoms with E-state index in [2.05, 4.69) is 5.32 Å². The zero-order valence-corrected chi connectivity index (χ0v) is 18.2. The van der Waals surface area contributed by atoms with Gasteiger partial charge in [-0.1, -0.05) is 42.0 Å². The number of nitrogens with one attached hydrogen (secondary N) is 1. The molecule has 3 aromatic rings. The standard InChI is InChI=1S/C26H22N2O5/c1-17-5-3-6-19(11-17)16-33-23-10-9-18(13-24(23)32-2)12-21(15-27)25(29)28-22-8-4-7-20(14-22)26(30)31/h3-14H,16H2,1-2H3,(H,28,29)(H,30,31)/b21-12-. The fourth-order valence-electron chi connectivity index (χ4n) is 3.10. The molecule has 0 aliphatic carbocycles. The summed E-state index contributed by atoms with van der Waals surface area (Å²) < 4.78 is 11.3. The van der Waals surface area contributed by atoms with Crippen LogP contribution < -0.4 is 14.8 Å². The van der Waals surface area contributed by atoms with E-state index in [0.717, 1.165) is 11.1 Å². The van der Waals surface area contributed by atoms with Crippen LogP contribution in [0, 0.1) is 18.3 Å². The predicted octanol–water partition coefficient (Wildman–Crippen LogP) is 4.83. The lowest BCUT2D eigenvalue weighted by Crippen LogP contribution is -2.14. The van der Waals surface area contributed by atoms with Crippen LogP contribution >= 0.6 is 0 Å². The maximum Gasteiger partial charge on any atom is 0.335 e. The maximum absolute atomic E-state index is 12.5. The van der Waals surface area contributed by atoms with Crippen molar-refractivity contribution in [2.24, 2.45) is 0 Å². The Kier molecular flexibility index (Phi) is 7.45. The third-order valence-corrected chi connectivity index (χ3v) is 4.71. The molecule has 7 heteroatoms. The number of nitriles is 1. The molecule has 33 heavy (non-hydrogen) atoms. The van der Waals surface area contributed by atoms with Crippen LogP contribution in [0.3, 0.4) is 0 Å². The summed E-state index contributed by atoms with van der Waals surface area (Å²) in [5.41, 5.74) is 2.89. The number of carbonyl (C=O) groups is 2. The third-order valence-electron chi connectivity index (χ3n) is 4.71. The first-order valence-electron chi connectivity index (χ1n) is 10.0. The number of carboxylic acid groups (broad SMARTS) is 1. The molecule has 0 atom stereocenters. The molecule has 0 heterocycles. The van der Waals surface area contributed by atoms with Gasteiger partial charge in [0, 0.05) is 5.69 Å². The first-order valence-corrected chi connectivity index (χ1v) is 10.0. The van der Waals surface area contributed by atoms with E-state index in [1.165, 1.54) is 31.4 Å². The number of rotatable bonds is 8. The molecule has 3 aromatic carbocycles. The number of ether oxygens (including phenoxy) is 2. The maximum atomic E-state index is 12.5. The highest BCUT2D eigenvalue weighted by molar-refractivity contribution is 6.10. The van der Waals surface area contributed by atoms with E-state index in [4.69, 9.17) is 14.6 Å². The number of nitrogens with zero attached hydrogens (tertiary/aromatic N) is 1. The van der Waals surface area contributed by atoms with Gasteiger partial charge in [0.05, 0.1) is 12.7 Å². The Morgan fingerprint density at radius 2 is 1.85 bits per heavy atom. The van der Waals surface area contributed by atoms with Gasteiger partial charge in [0.15, 0.2) is 11.5 Å². The quantitative estimate of drug-likeness (QED) is 0.382. The molecule has 0 saturated carbocycles. The van der Waals surface area contributed by atoms with Crippen LogP contribution in [-0.4, -0.2) is 24.1 Å². The van der Waals surface area contributed by atoms with Gasteiger partial charge < -0.3 is 19.9 Å². The number of aryl methyl sites for hydroxylation is 1. The van der Waals surface area contributed by atoms with Gasteiger partial charge in [-0.2, -0.15) is 5.26 Å². The largest absolute Gasteiger partial charge is 0.493 e. The molecular formula is C26H22N2O5. The second kappa shape index (κ2) is 10.6. The van der Waals surface area contributed by atoms with E-state index in [0.29, 0.717) is 23.7 Å². The molecule has 0 radical (unpaired) electrons. The second-order valence-corrected chi connectivity index (χ2v) is 7.20. The molecule has 0 bridgehead atoms. The second-order valence-electron chi connectivity index (χ2n) is 7.20. The highest BCUT2D eigenvalue weighted by atomic mass is 16.5. The SMILES string of the molecule is COc1cc(/C=C(/C#N)C(=O)Nc2cccc(C(=O)O)c2)ccc1OCc1cccc(C)c1. The number of carbonyl (C=O) groups excluding carboxylic acids is 1. The van der Waals surface area contributed by atoms with Crippen molar-refractivity contribution in [3.63, 3.8) is 0 Å². The van der Waals surface area contributed by atoms with Crippen LogP contribution in [0.4, 0.5) is 5.69 Å². The Morgan fingerprint density at radius 1 is 1.06 bits per heavy atom. The fourth-order valence-corrected chi connectivity index (χ4v) is 3.10. The number of carboxylic acids is 1. The summed E-state index contributed by atoms with van der Waals surface area (Å²) in [4.78, 5) is 23.6. The minimum absolute atomic E-state index is 0.0290. The van der Waals surface area contributed by atoms with E-state index >= 15 is 0 Å². The molecule has 0 aromatic heterocycles. The molecule has 1 amide bonds. The molecule has 0 fully saturated rings. The van der Waals surface area contributed by atoms with Crippen molar-refractivity contribution in [2.75, 3.05) is 12.4 Å². The van der Waals surface area contributed by atoms with Gasteiger partial charge in [-0.3, -0.25) is 4.79 Å². The number of anilines is 1. The normalized spacial score (nSPS) is 10.8. The van der Waals surface area contributed by atoms with Gasteiger partial charge in [0.25, 0.3) is 5.91 Å². The summed E-state index contributed by atoms with van der Waals surface area (Å²) in [7, 11) is 1.51. The van der Waals surface area contributed by atoms with Crippen molar-refractivity contribution in [3.8, 4) is 17.6 Å². The van der Waals surface area contributed by atoms with E-state index < -0.39 is 11.9 Å². The van der Waals surface area contributed by atoms with Gasteiger partial charge in [-0.05, 0) is 54.5 Å². The van der Waals surface area contributed by atoms with Crippen molar-refractivity contribution < 1.29 is 24.2 Å². The molecule has 7 nitrogen and oxygen atoms in total. The topological polar surface area (TPSA) is 109 Å². The zero-order chi connectivity index (χ0) is 23.8. The molecule has 0 saturated heterocycles. The lowest BCUT2D eigenvalue weighted by atomic mass is 10.1. The lowest BCUT2D eigenvalue weighted by molar-refractivity contribution is -0.112. The number of hydrogen-bond acceptors (Lipinski definition) is 5. The Hall–Kier alpha value is -4.57. The molecule has 3 rings (SSSR count). The van der Waals surface area contributed by atoms with Crippen LogP contribution in [-0.2, 0) is 11.4 Å². The van der Waals surface area contributed by atoms with Crippen LogP contribution in [0.2, 0.25) is 0 Å². The minimum atomic E-state index is -1.11. The van der Waals surface area contributed by atoms with Crippen LogP contribution in [0.5, 0.6) is 11.5 Å².